The van der Waals surface area contributed by atoms with Crippen LogP contribution in [-0.4, -0.2) is 28.3 Å². The maximum Gasteiger partial charge on any atom is 0.200 e. The Morgan fingerprint density at radius 3 is 1.80 bits per heavy atom. The van der Waals surface area contributed by atoms with Gasteiger partial charge in [-0.1, -0.05) is 109 Å². The highest BCUT2D eigenvalue weighted by molar-refractivity contribution is 6.37. The van der Waals surface area contributed by atoms with Crippen molar-refractivity contribution in [2.45, 2.75) is 0 Å². The number of hydrogen-bond acceptors (Lipinski definition) is 5. The van der Waals surface area contributed by atoms with Gasteiger partial charge in [0.1, 0.15) is 24.8 Å². The molecule has 0 saturated heterocycles. The van der Waals surface area contributed by atoms with Crippen LogP contribution in [0.1, 0.15) is 0 Å². The molecule has 8 aromatic carbocycles. The third kappa shape index (κ3) is 3.47. The molecule has 0 amide bonds. The summed E-state index contributed by atoms with van der Waals surface area (Å²) in [6.07, 6.45) is 0. The van der Waals surface area contributed by atoms with Gasteiger partial charge in [-0.2, -0.15) is 0 Å². The molecule has 1 heterocycles. The molecule has 9 rings (SSSR count). The molecule has 5 nitrogen and oxygen atoms in total. The van der Waals surface area contributed by atoms with Gasteiger partial charge in [0.05, 0.1) is 5.56 Å². The molecule has 9 aromatic rings. The minimum atomic E-state index is -0.692. The summed E-state index contributed by atoms with van der Waals surface area (Å²) in [5, 5.41) is 51.3. The topological polar surface area (TPSA) is 94.1 Å². The fraction of sp³-hybridized carbons (Fsp3) is 0. The van der Waals surface area contributed by atoms with Crippen LogP contribution in [0.5, 0.6) is 23.0 Å². The number of hydrogen-bond donors (Lipinski definition) is 4. The minimum Gasteiger partial charge on any atom is -0.508 e. The molecular weight excluding hydrogens is 571 g/mol. The van der Waals surface area contributed by atoms with Gasteiger partial charge in [-0.05, 0) is 66.1 Å². The van der Waals surface area contributed by atoms with Crippen molar-refractivity contribution in [2.75, 3.05) is 0 Å². The van der Waals surface area contributed by atoms with Crippen molar-refractivity contribution in [3.63, 3.8) is 0 Å². The number of phenolic OH excluding ortho intramolecular Hbond substituents is 4. The van der Waals surface area contributed by atoms with E-state index in [1.807, 2.05) is 30.3 Å². The molecule has 0 fully saturated rings. The Hall–Kier alpha value is -6.14. The maximum absolute atomic E-state index is 11.0. The van der Waals surface area contributed by atoms with Gasteiger partial charge in [-0.3, -0.25) is 0 Å². The summed E-state index contributed by atoms with van der Waals surface area (Å²) < 4.78 is 6.44. The predicted octanol–water partition coefficient (Wildman–Crippen LogP) is 8.57. The molecule has 46 heavy (non-hydrogen) atoms. The predicted molar refractivity (Wildman–Crippen MR) is 189 cm³/mol. The molecule has 218 valence electrons. The molecular formula is C40H25BO5. The second-order valence-electron chi connectivity index (χ2n) is 11.9. The lowest BCUT2D eigenvalue weighted by Gasteiger charge is -2.17. The zero-order chi connectivity index (χ0) is 31.3. The van der Waals surface area contributed by atoms with E-state index in [2.05, 4.69) is 78.9 Å². The zero-order valence-corrected chi connectivity index (χ0v) is 24.7. The molecule has 0 radical (unpaired) electrons. The van der Waals surface area contributed by atoms with E-state index >= 15 is 0 Å². The second kappa shape index (κ2) is 9.43. The summed E-state index contributed by atoms with van der Waals surface area (Å²) >= 11 is 0. The molecule has 0 aliphatic carbocycles. The van der Waals surface area contributed by atoms with Crippen molar-refractivity contribution in [2.24, 2.45) is 0 Å². The summed E-state index contributed by atoms with van der Waals surface area (Å²) in [5.74, 6) is -2.20. The average molecular weight is 596 g/mol. The number of phenols is 4. The van der Waals surface area contributed by atoms with Crippen molar-refractivity contribution in [3.8, 4) is 56.4 Å². The van der Waals surface area contributed by atoms with Crippen LogP contribution in [0.15, 0.2) is 120 Å². The van der Waals surface area contributed by atoms with E-state index in [1.165, 1.54) is 45.9 Å². The molecule has 0 spiro atoms. The molecule has 0 aliphatic rings. The van der Waals surface area contributed by atoms with Crippen LogP contribution >= 0.6 is 0 Å². The van der Waals surface area contributed by atoms with E-state index in [1.54, 1.807) is 6.07 Å². The number of aromatic hydroxyl groups is 4. The summed E-state index contributed by atoms with van der Waals surface area (Å²) in [7, 11) is 1.47. The van der Waals surface area contributed by atoms with E-state index in [4.69, 9.17) is 4.42 Å². The largest absolute Gasteiger partial charge is 0.508 e. The van der Waals surface area contributed by atoms with Gasteiger partial charge in [0.15, 0.2) is 11.5 Å². The SMILES string of the molecule is Bc1c(O)c(O)c(O)c(-c2cccc3c2oc2cccc(-c4ccc5ccc6c(-c7ccccc7)ccc7ccc4c5c76)c23)c1O. The highest BCUT2D eigenvalue weighted by Crippen LogP contribution is 2.50. The summed E-state index contributed by atoms with van der Waals surface area (Å²) in [4.78, 5) is 0. The van der Waals surface area contributed by atoms with Crippen molar-refractivity contribution < 1.29 is 24.8 Å². The van der Waals surface area contributed by atoms with Crippen LogP contribution < -0.4 is 5.46 Å². The van der Waals surface area contributed by atoms with Gasteiger partial charge in [-0.25, -0.2) is 0 Å². The van der Waals surface area contributed by atoms with E-state index in [-0.39, 0.29) is 16.8 Å². The van der Waals surface area contributed by atoms with Crippen molar-refractivity contribution in [1.29, 1.82) is 0 Å². The van der Waals surface area contributed by atoms with Gasteiger partial charge in [0.25, 0.3) is 0 Å². The fourth-order valence-electron chi connectivity index (χ4n) is 7.25. The van der Waals surface area contributed by atoms with E-state index < -0.39 is 17.2 Å². The molecule has 0 aliphatic heterocycles. The Balaban J connectivity index is 1.34. The number of fused-ring (bicyclic) bond motifs is 3. The Kier molecular flexibility index (Phi) is 5.39. The van der Waals surface area contributed by atoms with E-state index in [9.17, 15) is 20.4 Å². The minimum absolute atomic E-state index is 0.00374. The van der Waals surface area contributed by atoms with Gasteiger partial charge >= 0.3 is 0 Å². The van der Waals surface area contributed by atoms with Crippen LogP contribution in [0.4, 0.5) is 0 Å². The van der Waals surface area contributed by atoms with Gasteiger partial charge < -0.3 is 24.8 Å². The molecule has 4 N–H and O–H groups in total. The first-order valence-corrected chi connectivity index (χ1v) is 15.1. The number of benzene rings is 8. The summed E-state index contributed by atoms with van der Waals surface area (Å²) in [5.41, 5.74) is 5.99. The van der Waals surface area contributed by atoms with E-state index in [0.717, 1.165) is 27.3 Å². The van der Waals surface area contributed by atoms with Gasteiger partial charge in [0.2, 0.25) is 5.75 Å². The maximum atomic E-state index is 11.0. The summed E-state index contributed by atoms with van der Waals surface area (Å²) in [6, 6.07) is 39.5. The molecule has 6 heteroatoms. The van der Waals surface area contributed by atoms with Crippen molar-refractivity contribution in [3.05, 3.63) is 115 Å². The molecule has 0 saturated carbocycles. The first-order valence-electron chi connectivity index (χ1n) is 15.1. The van der Waals surface area contributed by atoms with Gasteiger partial charge in [-0.15, -0.1) is 0 Å². The van der Waals surface area contributed by atoms with Crippen molar-refractivity contribution >= 4 is 67.6 Å². The quantitative estimate of drug-likeness (QED) is 0.0710. The van der Waals surface area contributed by atoms with Crippen LogP contribution in [0.25, 0.3) is 87.6 Å². The lowest BCUT2D eigenvalue weighted by molar-refractivity contribution is 0.365. The van der Waals surface area contributed by atoms with Crippen molar-refractivity contribution in [1.82, 2.24) is 0 Å². The monoisotopic (exact) mass is 596 g/mol. The first kappa shape index (κ1) is 26.3. The lowest BCUT2D eigenvalue weighted by Crippen LogP contribution is -2.05. The standard InChI is InChI=1S/C40H25BO5/c41-35-36(42)34(37(43)39(45)38(35)44)29-10-4-9-28-33-25(8-5-11-30(33)46-40(28)29)24-17-13-22-14-18-26-23(20-6-2-1-3-7-20)16-12-21-15-19-27(24)32(22)31(21)26/h1-19,42-45H,41H2. The lowest BCUT2D eigenvalue weighted by atomic mass is 9.86. The Labute approximate surface area is 263 Å². The molecule has 0 atom stereocenters. The van der Waals surface area contributed by atoms with Gasteiger partial charge in [0, 0.05) is 16.3 Å². The van der Waals surface area contributed by atoms with Crippen LogP contribution in [-0.2, 0) is 0 Å². The first-order chi connectivity index (χ1) is 22.4. The number of rotatable bonds is 3. The number of furan rings is 1. The second-order valence-corrected chi connectivity index (χ2v) is 11.9. The fourth-order valence-corrected chi connectivity index (χ4v) is 7.25. The van der Waals surface area contributed by atoms with Crippen LogP contribution in [0.3, 0.4) is 0 Å². The van der Waals surface area contributed by atoms with E-state index in [0.29, 0.717) is 16.7 Å². The molecule has 0 unspecified atom stereocenters. The van der Waals surface area contributed by atoms with Crippen LogP contribution in [0, 0.1) is 0 Å². The number of para-hydroxylation sites is 1. The Bertz CT molecular complexity index is 2660. The highest BCUT2D eigenvalue weighted by atomic mass is 16.3. The average Bonchev–Trinajstić information content (AvgIpc) is 3.49. The van der Waals surface area contributed by atoms with Crippen LogP contribution in [0.2, 0.25) is 0 Å². The normalized spacial score (nSPS) is 11.9. The summed E-state index contributed by atoms with van der Waals surface area (Å²) in [6.45, 7) is 0. The highest BCUT2D eigenvalue weighted by Gasteiger charge is 2.26. The molecule has 1 aromatic heterocycles. The molecule has 0 bridgehead atoms. The Morgan fingerprint density at radius 1 is 0.435 bits per heavy atom. The Morgan fingerprint density at radius 2 is 1.07 bits per heavy atom. The third-order valence-electron chi connectivity index (χ3n) is 9.46. The smallest absolute Gasteiger partial charge is 0.200 e. The third-order valence-corrected chi connectivity index (χ3v) is 9.46. The zero-order valence-electron chi connectivity index (χ0n) is 24.7.